The molecule has 0 fully saturated rings. The third-order valence-corrected chi connectivity index (χ3v) is 5.14. The monoisotopic (exact) mass is 383 g/mol. The summed E-state index contributed by atoms with van der Waals surface area (Å²) < 4.78 is 3.36. The van der Waals surface area contributed by atoms with Crippen molar-refractivity contribution in [3.05, 3.63) is 75.2 Å². The summed E-state index contributed by atoms with van der Waals surface area (Å²) in [5.74, 6) is 0. The van der Waals surface area contributed by atoms with Crippen LogP contribution in [0.4, 0.5) is 0 Å². The number of hydrogen-bond acceptors (Lipinski definition) is 0. The highest BCUT2D eigenvalue weighted by Gasteiger charge is 2.14. The molecule has 0 saturated heterocycles. The van der Waals surface area contributed by atoms with Crippen molar-refractivity contribution in [1.29, 1.82) is 0 Å². The second-order valence-corrected chi connectivity index (χ2v) is 7.28. The third kappa shape index (κ3) is 2.37. The Labute approximate surface area is 148 Å². The number of fused-ring (bicyclic) bond motifs is 3. The zero-order chi connectivity index (χ0) is 16.1. The molecule has 1 nitrogen and oxygen atoms in total. The van der Waals surface area contributed by atoms with E-state index in [4.69, 9.17) is 11.6 Å². The smallest absolute Gasteiger partial charge is 0.0552 e. The number of aromatic nitrogens is 1. The Bertz CT molecular complexity index is 1060. The summed E-state index contributed by atoms with van der Waals surface area (Å²) in [4.78, 5) is 0. The van der Waals surface area contributed by atoms with Crippen molar-refractivity contribution in [2.24, 2.45) is 0 Å². The molecule has 114 valence electrons. The first kappa shape index (κ1) is 14.8. The van der Waals surface area contributed by atoms with Crippen LogP contribution in [0, 0.1) is 13.8 Å². The van der Waals surface area contributed by atoms with Gasteiger partial charge in [0.15, 0.2) is 0 Å². The lowest BCUT2D eigenvalue weighted by atomic mass is 10.1. The molecule has 0 atom stereocenters. The van der Waals surface area contributed by atoms with Gasteiger partial charge in [0.1, 0.15) is 0 Å². The van der Waals surface area contributed by atoms with Gasteiger partial charge in [-0.05, 0) is 67.4 Å². The molecule has 0 amide bonds. The van der Waals surface area contributed by atoms with E-state index in [1.807, 2.05) is 18.2 Å². The van der Waals surface area contributed by atoms with Crippen LogP contribution in [0.5, 0.6) is 0 Å². The van der Waals surface area contributed by atoms with E-state index >= 15 is 0 Å². The summed E-state index contributed by atoms with van der Waals surface area (Å²) in [6, 6.07) is 19.0. The van der Waals surface area contributed by atoms with E-state index in [1.54, 1.807) is 0 Å². The number of nitrogens with zero attached hydrogens (tertiary/aromatic N) is 1. The van der Waals surface area contributed by atoms with Gasteiger partial charge in [0.2, 0.25) is 0 Å². The molecule has 0 unspecified atom stereocenters. The minimum absolute atomic E-state index is 0.747. The molecule has 0 saturated carbocycles. The van der Waals surface area contributed by atoms with E-state index in [2.05, 4.69) is 70.7 Å². The summed E-state index contributed by atoms with van der Waals surface area (Å²) in [6.45, 7) is 4.32. The molecule has 0 N–H and O–H groups in total. The lowest BCUT2D eigenvalue weighted by Gasteiger charge is -2.09. The number of benzene rings is 3. The fourth-order valence-electron chi connectivity index (χ4n) is 3.14. The van der Waals surface area contributed by atoms with Gasteiger partial charge in [0.05, 0.1) is 11.0 Å². The average Bonchev–Trinajstić information content (AvgIpc) is 2.80. The van der Waals surface area contributed by atoms with E-state index in [0.717, 1.165) is 15.2 Å². The van der Waals surface area contributed by atoms with Crippen LogP contribution in [-0.2, 0) is 0 Å². The first-order chi connectivity index (χ1) is 11.0. The molecule has 4 rings (SSSR count). The van der Waals surface area contributed by atoms with E-state index in [1.165, 1.54) is 32.9 Å². The Morgan fingerprint density at radius 2 is 1.57 bits per heavy atom. The van der Waals surface area contributed by atoms with Crippen molar-refractivity contribution in [2.45, 2.75) is 13.8 Å². The molecule has 0 aliphatic carbocycles. The van der Waals surface area contributed by atoms with Crippen molar-refractivity contribution < 1.29 is 0 Å². The fraction of sp³-hybridized carbons (Fsp3) is 0.100. The number of rotatable bonds is 1. The van der Waals surface area contributed by atoms with Crippen LogP contribution >= 0.6 is 27.5 Å². The van der Waals surface area contributed by atoms with Gasteiger partial charge in [0.25, 0.3) is 0 Å². The van der Waals surface area contributed by atoms with Crippen molar-refractivity contribution >= 4 is 49.3 Å². The normalized spacial score (nSPS) is 11.5. The van der Waals surface area contributed by atoms with Crippen molar-refractivity contribution in [3.63, 3.8) is 0 Å². The third-order valence-electron chi connectivity index (χ3n) is 4.41. The van der Waals surface area contributed by atoms with E-state index in [9.17, 15) is 0 Å². The van der Waals surface area contributed by atoms with Gasteiger partial charge in [-0.3, -0.25) is 0 Å². The molecule has 3 aromatic carbocycles. The molecule has 1 heterocycles. The molecule has 0 spiro atoms. The molecule has 4 aromatic rings. The predicted molar refractivity (Wildman–Crippen MR) is 103 cm³/mol. The second kappa shape index (κ2) is 5.40. The highest BCUT2D eigenvalue weighted by Crippen LogP contribution is 2.35. The van der Waals surface area contributed by atoms with Crippen LogP contribution in [0.3, 0.4) is 0 Å². The maximum atomic E-state index is 6.23. The Kier molecular flexibility index (Phi) is 3.47. The average molecular weight is 385 g/mol. The SMILES string of the molecule is Cc1cc2c3ccc(Br)cc3n(-c3cccc(Cl)c3)c2cc1C. The second-order valence-electron chi connectivity index (χ2n) is 5.93. The molecule has 0 aliphatic rings. The van der Waals surface area contributed by atoms with Crippen LogP contribution in [0.15, 0.2) is 59.1 Å². The van der Waals surface area contributed by atoms with Crippen LogP contribution in [0.25, 0.3) is 27.5 Å². The lowest BCUT2D eigenvalue weighted by molar-refractivity contribution is 1.17. The lowest BCUT2D eigenvalue weighted by Crippen LogP contribution is -1.94. The number of hydrogen-bond donors (Lipinski definition) is 0. The van der Waals surface area contributed by atoms with Gasteiger partial charge in [-0.2, -0.15) is 0 Å². The van der Waals surface area contributed by atoms with Crippen LogP contribution < -0.4 is 0 Å². The van der Waals surface area contributed by atoms with Crippen LogP contribution in [0.2, 0.25) is 5.02 Å². The molecule has 1 aromatic heterocycles. The van der Waals surface area contributed by atoms with E-state index in [-0.39, 0.29) is 0 Å². The fourth-order valence-corrected chi connectivity index (χ4v) is 3.68. The molecule has 3 heteroatoms. The Hall–Kier alpha value is -1.77. The summed E-state index contributed by atoms with van der Waals surface area (Å²) in [6.07, 6.45) is 0. The van der Waals surface area contributed by atoms with E-state index < -0.39 is 0 Å². The largest absolute Gasteiger partial charge is 0.309 e. The standard InChI is InChI=1S/C20H15BrClN/c1-12-8-18-17-7-6-14(21)10-20(17)23(19(18)9-13(12)2)16-5-3-4-15(22)11-16/h3-11H,1-2H3. The van der Waals surface area contributed by atoms with Gasteiger partial charge in [0, 0.05) is 26.0 Å². The van der Waals surface area contributed by atoms with Gasteiger partial charge in [-0.1, -0.05) is 39.7 Å². The van der Waals surface area contributed by atoms with Gasteiger partial charge in [-0.15, -0.1) is 0 Å². The zero-order valence-electron chi connectivity index (χ0n) is 12.9. The Morgan fingerprint density at radius 1 is 0.826 bits per heavy atom. The minimum atomic E-state index is 0.747. The highest BCUT2D eigenvalue weighted by molar-refractivity contribution is 9.10. The first-order valence-electron chi connectivity index (χ1n) is 7.51. The van der Waals surface area contributed by atoms with Crippen LogP contribution in [-0.4, -0.2) is 4.57 Å². The number of halogens is 2. The van der Waals surface area contributed by atoms with E-state index in [0.29, 0.717) is 0 Å². The molecule has 0 bridgehead atoms. The van der Waals surface area contributed by atoms with Gasteiger partial charge in [-0.25, -0.2) is 0 Å². The molecule has 23 heavy (non-hydrogen) atoms. The Morgan fingerprint density at radius 3 is 2.35 bits per heavy atom. The summed E-state index contributed by atoms with van der Waals surface area (Å²) in [5.41, 5.74) is 6.08. The maximum absolute atomic E-state index is 6.23. The molecule has 0 radical (unpaired) electrons. The molecular weight excluding hydrogens is 370 g/mol. The van der Waals surface area contributed by atoms with Crippen molar-refractivity contribution in [2.75, 3.05) is 0 Å². The molecular formula is C20H15BrClN. The minimum Gasteiger partial charge on any atom is -0.309 e. The van der Waals surface area contributed by atoms with Crippen molar-refractivity contribution in [1.82, 2.24) is 4.57 Å². The summed E-state index contributed by atoms with van der Waals surface area (Å²) in [5, 5.41) is 3.28. The summed E-state index contributed by atoms with van der Waals surface area (Å²) in [7, 11) is 0. The quantitative estimate of drug-likeness (QED) is 0.339. The van der Waals surface area contributed by atoms with Crippen molar-refractivity contribution in [3.8, 4) is 5.69 Å². The maximum Gasteiger partial charge on any atom is 0.0552 e. The highest BCUT2D eigenvalue weighted by atomic mass is 79.9. The van der Waals surface area contributed by atoms with Gasteiger partial charge < -0.3 is 4.57 Å². The first-order valence-corrected chi connectivity index (χ1v) is 8.68. The Balaban J connectivity index is 2.23. The zero-order valence-corrected chi connectivity index (χ0v) is 15.2. The van der Waals surface area contributed by atoms with Crippen LogP contribution in [0.1, 0.15) is 11.1 Å². The predicted octanol–water partition coefficient (Wildman–Crippen LogP) is 6.82. The summed E-state index contributed by atoms with van der Waals surface area (Å²) >= 11 is 9.83. The number of aryl methyl sites for hydroxylation is 2. The molecule has 0 aliphatic heterocycles. The van der Waals surface area contributed by atoms with Gasteiger partial charge >= 0.3 is 0 Å². The topological polar surface area (TPSA) is 4.93 Å².